The molecule has 4 aromatic rings. The summed E-state index contributed by atoms with van der Waals surface area (Å²) in [5.41, 5.74) is 4.21. The normalized spacial score (nSPS) is 12.7. The predicted octanol–water partition coefficient (Wildman–Crippen LogP) is 3.49. The first kappa shape index (κ1) is 17.5. The van der Waals surface area contributed by atoms with Crippen molar-refractivity contribution in [3.05, 3.63) is 78.1 Å². The molecule has 0 aliphatic heterocycles. The summed E-state index contributed by atoms with van der Waals surface area (Å²) in [6.45, 7) is 0. The number of anilines is 2. The van der Waals surface area contributed by atoms with E-state index in [1.807, 2.05) is 12.1 Å². The highest BCUT2D eigenvalue weighted by Crippen LogP contribution is 2.40. The van der Waals surface area contributed by atoms with Crippen LogP contribution in [0.5, 0.6) is 0 Å². The molecule has 0 unspecified atom stereocenters. The van der Waals surface area contributed by atoms with Gasteiger partial charge in [0.25, 0.3) is 0 Å². The lowest BCUT2D eigenvalue weighted by Gasteiger charge is -2.21. The minimum absolute atomic E-state index is 0.144. The van der Waals surface area contributed by atoms with Gasteiger partial charge in [0, 0.05) is 22.2 Å². The molecular formula is C21H12N3O4S-. The topological polar surface area (TPSA) is 112 Å². The molecule has 3 aromatic carbocycles. The number of nitrogens with zero attached hydrogens (tertiary/aromatic N) is 2. The summed E-state index contributed by atoms with van der Waals surface area (Å²) in [5, 5.41) is 3.81. The number of fused-ring (bicyclic) bond motifs is 2. The fourth-order valence-corrected chi connectivity index (χ4v) is 4.05. The van der Waals surface area contributed by atoms with Gasteiger partial charge in [-0.1, -0.05) is 24.3 Å². The molecule has 0 bridgehead atoms. The van der Waals surface area contributed by atoms with Crippen LogP contribution < -0.4 is 5.32 Å². The van der Waals surface area contributed by atoms with Crippen LogP contribution in [0.1, 0.15) is 15.9 Å². The molecule has 1 N–H and O–H groups in total. The molecule has 29 heavy (non-hydrogen) atoms. The highest BCUT2D eigenvalue weighted by Gasteiger charge is 2.28. The third kappa shape index (κ3) is 2.77. The number of carbonyl (C=O) groups excluding carboxylic acids is 1. The number of ketones is 1. The smallest absolute Gasteiger partial charge is 0.196 e. The predicted molar refractivity (Wildman–Crippen MR) is 106 cm³/mol. The van der Waals surface area contributed by atoms with E-state index in [1.54, 1.807) is 24.3 Å². The van der Waals surface area contributed by atoms with Crippen LogP contribution in [0, 0.1) is 0 Å². The van der Waals surface area contributed by atoms with Crippen LogP contribution >= 0.6 is 0 Å². The molecule has 142 valence electrons. The van der Waals surface area contributed by atoms with Gasteiger partial charge < -0.3 is 9.87 Å². The quantitative estimate of drug-likeness (QED) is 0.460. The SMILES string of the molecule is O=C1c2ccccc2-c2ncnc3ccc(Nc4ccc(S(=O)(=O)[O-])cc4)c1c23. The first-order chi connectivity index (χ1) is 13.9. The van der Waals surface area contributed by atoms with Crippen molar-refractivity contribution >= 4 is 38.2 Å². The molecule has 0 saturated carbocycles. The van der Waals surface area contributed by atoms with Crippen LogP contribution in [-0.4, -0.2) is 28.7 Å². The first-order valence-corrected chi connectivity index (χ1v) is 10.1. The Kier molecular flexibility index (Phi) is 3.73. The molecule has 5 rings (SSSR count). The first-order valence-electron chi connectivity index (χ1n) is 8.68. The summed E-state index contributed by atoms with van der Waals surface area (Å²) in [6, 6.07) is 16.2. The Morgan fingerprint density at radius 2 is 1.59 bits per heavy atom. The number of aromatic nitrogens is 2. The molecular weight excluding hydrogens is 390 g/mol. The van der Waals surface area contributed by atoms with Crippen molar-refractivity contribution < 1.29 is 17.8 Å². The molecule has 1 aliphatic carbocycles. The Morgan fingerprint density at radius 3 is 2.31 bits per heavy atom. The monoisotopic (exact) mass is 402 g/mol. The largest absolute Gasteiger partial charge is 0.744 e. The Bertz CT molecular complexity index is 1410. The van der Waals surface area contributed by atoms with Crippen LogP contribution in [0.15, 0.2) is 71.9 Å². The van der Waals surface area contributed by atoms with Gasteiger partial charge in [0.2, 0.25) is 0 Å². The van der Waals surface area contributed by atoms with Crippen molar-refractivity contribution in [1.82, 2.24) is 9.97 Å². The second kappa shape index (κ2) is 6.20. The summed E-state index contributed by atoms with van der Waals surface area (Å²) in [7, 11) is -4.52. The standard InChI is InChI=1S/C21H13N3O4S/c25-21-15-4-2-1-3-14(15)20-18-16(22-11-23-20)9-10-17(19(18)21)24-12-5-7-13(8-6-12)29(26,27)28/h1-11,24H,(H,26,27,28)/p-1. The lowest BCUT2D eigenvalue weighted by molar-refractivity contribution is 0.104. The number of benzene rings is 3. The minimum Gasteiger partial charge on any atom is -0.744 e. The van der Waals surface area contributed by atoms with Gasteiger partial charge in [-0.3, -0.25) is 4.79 Å². The maximum absolute atomic E-state index is 13.3. The van der Waals surface area contributed by atoms with E-state index < -0.39 is 10.1 Å². The average molecular weight is 402 g/mol. The molecule has 0 saturated heterocycles. The maximum Gasteiger partial charge on any atom is 0.196 e. The zero-order valence-corrected chi connectivity index (χ0v) is 15.6. The van der Waals surface area contributed by atoms with Gasteiger partial charge in [-0.05, 0) is 36.4 Å². The van der Waals surface area contributed by atoms with Crippen LogP contribution in [0.3, 0.4) is 0 Å². The minimum atomic E-state index is -4.52. The Balaban J connectivity index is 1.68. The van der Waals surface area contributed by atoms with Gasteiger partial charge >= 0.3 is 0 Å². The molecule has 0 atom stereocenters. The van der Waals surface area contributed by atoms with Crippen molar-refractivity contribution in [3.63, 3.8) is 0 Å². The van der Waals surface area contributed by atoms with Gasteiger partial charge in [0.1, 0.15) is 16.4 Å². The molecule has 1 aromatic heterocycles. The van der Waals surface area contributed by atoms with Crippen molar-refractivity contribution in [1.29, 1.82) is 0 Å². The zero-order valence-electron chi connectivity index (χ0n) is 14.8. The summed E-state index contributed by atoms with van der Waals surface area (Å²) in [5.74, 6) is -0.144. The second-order valence-electron chi connectivity index (χ2n) is 6.58. The highest BCUT2D eigenvalue weighted by atomic mass is 32.2. The third-order valence-electron chi connectivity index (χ3n) is 4.88. The molecule has 0 radical (unpaired) electrons. The van der Waals surface area contributed by atoms with Crippen molar-refractivity contribution in [2.45, 2.75) is 4.90 Å². The fourth-order valence-electron chi connectivity index (χ4n) is 3.58. The Hall–Kier alpha value is -3.62. The van der Waals surface area contributed by atoms with E-state index in [1.165, 1.54) is 30.6 Å². The Labute approximate surface area is 165 Å². The van der Waals surface area contributed by atoms with Gasteiger partial charge in [0.05, 0.1) is 27.4 Å². The molecule has 7 nitrogen and oxygen atoms in total. The van der Waals surface area contributed by atoms with E-state index in [0.717, 1.165) is 5.56 Å². The van der Waals surface area contributed by atoms with Crippen molar-refractivity contribution in [2.75, 3.05) is 5.32 Å². The van der Waals surface area contributed by atoms with Gasteiger partial charge in [-0.2, -0.15) is 0 Å². The van der Waals surface area contributed by atoms with E-state index in [0.29, 0.717) is 39.1 Å². The number of rotatable bonds is 3. The zero-order chi connectivity index (χ0) is 20.2. The van der Waals surface area contributed by atoms with Crippen LogP contribution in [0.25, 0.3) is 22.2 Å². The van der Waals surface area contributed by atoms with E-state index in [-0.39, 0.29) is 10.7 Å². The van der Waals surface area contributed by atoms with Crippen LogP contribution in [-0.2, 0) is 10.1 Å². The number of nitrogens with one attached hydrogen (secondary N) is 1. The summed E-state index contributed by atoms with van der Waals surface area (Å²) < 4.78 is 33.4. The maximum atomic E-state index is 13.3. The van der Waals surface area contributed by atoms with Gasteiger partial charge in [-0.25, -0.2) is 18.4 Å². The summed E-state index contributed by atoms with van der Waals surface area (Å²) in [6.07, 6.45) is 1.48. The molecule has 1 heterocycles. The van der Waals surface area contributed by atoms with Gasteiger partial charge in [-0.15, -0.1) is 0 Å². The summed E-state index contributed by atoms with van der Waals surface area (Å²) >= 11 is 0. The lowest BCUT2D eigenvalue weighted by Crippen LogP contribution is -2.13. The number of hydrogen-bond acceptors (Lipinski definition) is 7. The van der Waals surface area contributed by atoms with E-state index in [2.05, 4.69) is 15.3 Å². The molecule has 8 heteroatoms. The van der Waals surface area contributed by atoms with E-state index in [9.17, 15) is 17.8 Å². The number of hydrogen-bond donors (Lipinski definition) is 1. The molecule has 0 spiro atoms. The second-order valence-corrected chi connectivity index (χ2v) is 7.96. The van der Waals surface area contributed by atoms with Gasteiger partial charge in [0.15, 0.2) is 5.78 Å². The Morgan fingerprint density at radius 1 is 0.862 bits per heavy atom. The summed E-state index contributed by atoms with van der Waals surface area (Å²) in [4.78, 5) is 21.7. The third-order valence-corrected chi connectivity index (χ3v) is 5.73. The molecule has 0 amide bonds. The highest BCUT2D eigenvalue weighted by molar-refractivity contribution is 7.85. The number of carbonyl (C=O) groups is 1. The van der Waals surface area contributed by atoms with Crippen molar-refractivity contribution in [2.24, 2.45) is 0 Å². The molecule has 0 fully saturated rings. The van der Waals surface area contributed by atoms with E-state index >= 15 is 0 Å². The van der Waals surface area contributed by atoms with Crippen LogP contribution in [0.4, 0.5) is 11.4 Å². The lowest BCUT2D eigenvalue weighted by atomic mass is 9.86. The van der Waals surface area contributed by atoms with E-state index in [4.69, 9.17) is 0 Å². The van der Waals surface area contributed by atoms with Crippen LogP contribution in [0.2, 0.25) is 0 Å². The average Bonchev–Trinajstić information content (AvgIpc) is 2.72. The van der Waals surface area contributed by atoms with Crippen molar-refractivity contribution in [3.8, 4) is 11.3 Å². The fraction of sp³-hybridized carbons (Fsp3) is 0. The molecule has 1 aliphatic rings.